The molecule has 0 aliphatic carbocycles. The Hall–Kier alpha value is -1.39. The second-order valence-corrected chi connectivity index (χ2v) is 5.76. The highest BCUT2D eigenvalue weighted by Gasteiger charge is 2.05. The van der Waals surface area contributed by atoms with Gasteiger partial charge in [-0.3, -0.25) is 0 Å². The molecular formula is C15H19N3S. The fraction of sp³-hybridized carbons (Fsp3) is 0.333. The third-order valence-electron chi connectivity index (χ3n) is 2.67. The predicted octanol–water partition coefficient (Wildman–Crippen LogP) is 3.11. The highest BCUT2D eigenvalue weighted by molar-refractivity contribution is 7.99. The Morgan fingerprint density at radius 1 is 1.11 bits per heavy atom. The minimum absolute atomic E-state index is 0.862. The molecule has 0 amide bonds. The van der Waals surface area contributed by atoms with Crippen molar-refractivity contribution in [2.45, 2.75) is 12.1 Å². The molecule has 0 atom stereocenters. The van der Waals surface area contributed by atoms with Crippen molar-refractivity contribution in [1.29, 1.82) is 0 Å². The molecule has 0 bridgehead atoms. The van der Waals surface area contributed by atoms with E-state index in [2.05, 4.69) is 41.1 Å². The average Bonchev–Trinajstić information content (AvgIpc) is 2.39. The van der Waals surface area contributed by atoms with Gasteiger partial charge in [-0.1, -0.05) is 42.1 Å². The van der Waals surface area contributed by atoms with E-state index < -0.39 is 0 Å². The lowest BCUT2D eigenvalue weighted by molar-refractivity contribution is 0.437. The Labute approximate surface area is 119 Å². The van der Waals surface area contributed by atoms with Crippen LogP contribution in [-0.2, 0) is 0 Å². The molecule has 1 heterocycles. The second kappa shape index (κ2) is 6.68. The monoisotopic (exact) mass is 273 g/mol. The van der Waals surface area contributed by atoms with Crippen molar-refractivity contribution in [1.82, 2.24) is 14.9 Å². The first-order chi connectivity index (χ1) is 9.15. The highest BCUT2D eigenvalue weighted by atomic mass is 32.2. The molecule has 3 nitrogen and oxygen atoms in total. The van der Waals surface area contributed by atoms with E-state index in [0.717, 1.165) is 34.4 Å². The van der Waals surface area contributed by atoms with Crippen molar-refractivity contribution in [3.05, 3.63) is 42.1 Å². The molecular weight excluding hydrogens is 254 g/mol. The molecule has 0 saturated heterocycles. The van der Waals surface area contributed by atoms with Gasteiger partial charge in [0.05, 0.1) is 5.69 Å². The fourth-order valence-electron chi connectivity index (χ4n) is 1.68. The van der Waals surface area contributed by atoms with E-state index in [1.165, 1.54) is 0 Å². The maximum atomic E-state index is 4.63. The molecule has 0 N–H and O–H groups in total. The molecule has 2 rings (SSSR count). The van der Waals surface area contributed by atoms with Crippen LogP contribution in [0, 0.1) is 6.92 Å². The molecule has 1 aromatic carbocycles. The molecule has 0 saturated carbocycles. The molecule has 100 valence electrons. The minimum Gasteiger partial charge on any atom is -0.309 e. The number of nitrogens with zero attached hydrogens (tertiary/aromatic N) is 3. The maximum absolute atomic E-state index is 4.63. The van der Waals surface area contributed by atoms with Crippen molar-refractivity contribution >= 4 is 11.8 Å². The number of thioether (sulfide) groups is 1. The van der Waals surface area contributed by atoms with Crippen LogP contribution in [0.2, 0.25) is 0 Å². The normalized spacial score (nSPS) is 10.9. The summed E-state index contributed by atoms with van der Waals surface area (Å²) in [6.45, 7) is 3.05. The van der Waals surface area contributed by atoms with Crippen molar-refractivity contribution < 1.29 is 0 Å². The van der Waals surface area contributed by atoms with Crippen molar-refractivity contribution in [2.75, 3.05) is 26.4 Å². The number of aryl methyl sites for hydroxylation is 1. The molecule has 0 radical (unpaired) electrons. The van der Waals surface area contributed by atoms with E-state index in [9.17, 15) is 0 Å². The van der Waals surface area contributed by atoms with Gasteiger partial charge in [0.2, 0.25) is 0 Å². The van der Waals surface area contributed by atoms with Crippen LogP contribution in [0.1, 0.15) is 5.69 Å². The first-order valence-corrected chi connectivity index (χ1v) is 7.32. The van der Waals surface area contributed by atoms with E-state index in [-0.39, 0.29) is 0 Å². The summed E-state index contributed by atoms with van der Waals surface area (Å²) in [6.07, 6.45) is 0. The Kier molecular flexibility index (Phi) is 4.93. The predicted molar refractivity (Wildman–Crippen MR) is 81.5 cm³/mol. The standard InChI is InChI=1S/C15H19N3S/c1-12-11-14(13-7-5-4-6-8-13)17-15(16-12)19-10-9-18(2)3/h4-8,11H,9-10H2,1-3H3. The van der Waals surface area contributed by atoms with Gasteiger partial charge in [-0.15, -0.1) is 0 Å². The summed E-state index contributed by atoms with van der Waals surface area (Å²) >= 11 is 1.71. The average molecular weight is 273 g/mol. The van der Waals surface area contributed by atoms with Crippen LogP contribution >= 0.6 is 11.8 Å². The summed E-state index contributed by atoms with van der Waals surface area (Å²) in [5, 5.41) is 0.862. The Morgan fingerprint density at radius 2 is 1.84 bits per heavy atom. The number of aromatic nitrogens is 2. The molecule has 0 aliphatic heterocycles. The topological polar surface area (TPSA) is 29.0 Å². The van der Waals surface area contributed by atoms with Gasteiger partial charge >= 0.3 is 0 Å². The van der Waals surface area contributed by atoms with Crippen LogP contribution in [0.4, 0.5) is 0 Å². The smallest absolute Gasteiger partial charge is 0.188 e. The van der Waals surface area contributed by atoms with Crippen molar-refractivity contribution in [3.8, 4) is 11.3 Å². The first-order valence-electron chi connectivity index (χ1n) is 6.34. The van der Waals surface area contributed by atoms with Crippen LogP contribution < -0.4 is 0 Å². The molecule has 0 fully saturated rings. The van der Waals surface area contributed by atoms with Crippen LogP contribution in [0.5, 0.6) is 0 Å². The molecule has 1 aromatic heterocycles. The van der Waals surface area contributed by atoms with Gasteiger partial charge in [0, 0.05) is 23.6 Å². The van der Waals surface area contributed by atoms with Gasteiger partial charge < -0.3 is 4.90 Å². The van der Waals surface area contributed by atoms with Crippen LogP contribution in [0.15, 0.2) is 41.6 Å². The summed E-state index contributed by atoms with van der Waals surface area (Å²) < 4.78 is 0. The van der Waals surface area contributed by atoms with Crippen molar-refractivity contribution in [2.24, 2.45) is 0 Å². The maximum Gasteiger partial charge on any atom is 0.188 e. The zero-order valence-corrected chi connectivity index (χ0v) is 12.4. The SMILES string of the molecule is Cc1cc(-c2ccccc2)nc(SCCN(C)C)n1. The lowest BCUT2D eigenvalue weighted by Crippen LogP contribution is -2.15. The van der Waals surface area contributed by atoms with Gasteiger partial charge in [0.1, 0.15) is 0 Å². The minimum atomic E-state index is 0.862. The Balaban J connectivity index is 2.16. The van der Waals surface area contributed by atoms with Gasteiger partial charge in [-0.25, -0.2) is 9.97 Å². The van der Waals surface area contributed by atoms with E-state index in [4.69, 9.17) is 0 Å². The molecule has 19 heavy (non-hydrogen) atoms. The highest BCUT2D eigenvalue weighted by Crippen LogP contribution is 2.21. The number of hydrogen-bond donors (Lipinski definition) is 0. The van der Waals surface area contributed by atoms with E-state index in [0.29, 0.717) is 0 Å². The Morgan fingerprint density at radius 3 is 2.53 bits per heavy atom. The summed E-state index contributed by atoms with van der Waals surface area (Å²) in [6, 6.07) is 12.3. The summed E-state index contributed by atoms with van der Waals surface area (Å²) in [4.78, 5) is 11.3. The third kappa shape index (κ3) is 4.33. The van der Waals surface area contributed by atoms with Crippen molar-refractivity contribution in [3.63, 3.8) is 0 Å². The van der Waals surface area contributed by atoms with E-state index in [1.54, 1.807) is 11.8 Å². The van der Waals surface area contributed by atoms with Gasteiger partial charge in [0.25, 0.3) is 0 Å². The lowest BCUT2D eigenvalue weighted by Gasteiger charge is -2.09. The summed E-state index contributed by atoms with van der Waals surface area (Å²) in [7, 11) is 4.15. The molecule has 0 unspecified atom stereocenters. The summed E-state index contributed by atoms with van der Waals surface area (Å²) in [5.41, 5.74) is 3.16. The zero-order chi connectivity index (χ0) is 13.7. The van der Waals surface area contributed by atoms with Crippen LogP contribution in [-0.4, -0.2) is 41.3 Å². The number of hydrogen-bond acceptors (Lipinski definition) is 4. The van der Waals surface area contributed by atoms with Crippen LogP contribution in [0.25, 0.3) is 11.3 Å². The quantitative estimate of drug-likeness (QED) is 0.618. The number of benzene rings is 1. The molecule has 4 heteroatoms. The van der Waals surface area contributed by atoms with E-state index in [1.807, 2.05) is 31.2 Å². The molecule has 0 spiro atoms. The fourth-order valence-corrected chi connectivity index (χ4v) is 2.69. The molecule has 0 aliphatic rings. The zero-order valence-electron chi connectivity index (χ0n) is 11.6. The van der Waals surface area contributed by atoms with Crippen LogP contribution in [0.3, 0.4) is 0 Å². The molecule has 2 aromatic rings. The second-order valence-electron chi connectivity index (χ2n) is 4.69. The largest absolute Gasteiger partial charge is 0.309 e. The Bertz CT molecular complexity index is 526. The third-order valence-corrected chi connectivity index (χ3v) is 3.50. The lowest BCUT2D eigenvalue weighted by atomic mass is 10.1. The van der Waals surface area contributed by atoms with Gasteiger partial charge in [-0.05, 0) is 27.1 Å². The first kappa shape index (κ1) is 14.0. The van der Waals surface area contributed by atoms with Gasteiger partial charge in [-0.2, -0.15) is 0 Å². The summed E-state index contributed by atoms with van der Waals surface area (Å²) in [5.74, 6) is 1.00. The van der Waals surface area contributed by atoms with E-state index >= 15 is 0 Å². The van der Waals surface area contributed by atoms with Gasteiger partial charge in [0.15, 0.2) is 5.16 Å². The number of rotatable bonds is 5.